The number of allylic oxidation sites excluding steroid dienone is 1. The zero-order valence-corrected chi connectivity index (χ0v) is 13.0. The molecule has 1 unspecified atom stereocenters. The highest BCUT2D eigenvalue weighted by atomic mass is 35.5. The molecule has 1 amide bonds. The van der Waals surface area contributed by atoms with Gasteiger partial charge in [0.1, 0.15) is 11.9 Å². The molecule has 1 aliphatic rings. The Balaban J connectivity index is 2.04. The first-order valence-electron chi connectivity index (χ1n) is 6.99. The minimum atomic E-state index is -4.95. The third kappa shape index (κ3) is 4.47. The summed E-state index contributed by atoms with van der Waals surface area (Å²) >= 11 is 5.62. The summed E-state index contributed by atoms with van der Waals surface area (Å²) in [5.41, 5.74) is 0.272. The van der Waals surface area contributed by atoms with E-state index in [0.717, 1.165) is 12.3 Å². The molecule has 130 valence electrons. The molecule has 0 bridgehead atoms. The number of amides is 1. The molecule has 0 radical (unpaired) electrons. The van der Waals surface area contributed by atoms with Gasteiger partial charge in [-0.05, 0) is 31.0 Å². The molecular weight excluding hydrogens is 352 g/mol. The van der Waals surface area contributed by atoms with Crippen molar-refractivity contribution in [1.82, 2.24) is 4.90 Å². The molecule has 9 heteroatoms. The number of nitrogens with one attached hydrogen (secondary N) is 1. The van der Waals surface area contributed by atoms with Crippen molar-refractivity contribution >= 4 is 29.0 Å². The predicted molar refractivity (Wildman–Crippen MR) is 80.0 cm³/mol. The number of carbonyl (C=O) groups excluding carboxylic acids is 2. The van der Waals surface area contributed by atoms with Gasteiger partial charge in [0.05, 0.1) is 5.02 Å². The highest BCUT2D eigenvalue weighted by Gasteiger charge is 2.37. The van der Waals surface area contributed by atoms with E-state index >= 15 is 0 Å². The molecule has 1 aliphatic heterocycles. The Kier molecular flexibility index (Phi) is 5.48. The third-order valence-electron chi connectivity index (χ3n) is 3.48. The summed E-state index contributed by atoms with van der Waals surface area (Å²) in [6.07, 6.45) is -2.55. The Morgan fingerprint density at radius 1 is 1.33 bits per heavy atom. The normalized spacial score (nSPS) is 18.2. The standard InChI is InChI=1S/C15H13ClF4N2O2/c16-10-8-9(3-4-11(10)17)21-14(24)12-2-1-6-22(12)7-5-13(23)15(18,19)20/h3-5,7-8,12H,1-2,6H2,(H,21,24). The van der Waals surface area contributed by atoms with Gasteiger partial charge >= 0.3 is 6.18 Å². The third-order valence-corrected chi connectivity index (χ3v) is 3.77. The lowest BCUT2D eigenvalue weighted by atomic mass is 10.2. The quantitative estimate of drug-likeness (QED) is 0.657. The molecule has 24 heavy (non-hydrogen) atoms. The summed E-state index contributed by atoms with van der Waals surface area (Å²) in [6.45, 7) is 0.351. The molecule has 0 aromatic heterocycles. The molecule has 1 aromatic rings. The van der Waals surface area contributed by atoms with E-state index < -0.39 is 29.7 Å². The van der Waals surface area contributed by atoms with Crippen LogP contribution in [0, 0.1) is 5.82 Å². The molecule has 0 spiro atoms. The minimum Gasteiger partial charge on any atom is -0.365 e. The number of carbonyl (C=O) groups is 2. The van der Waals surface area contributed by atoms with Crippen molar-refractivity contribution in [1.29, 1.82) is 0 Å². The number of ketones is 1. The van der Waals surface area contributed by atoms with Crippen LogP contribution in [-0.2, 0) is 9.59 Å². The lowest BCUT2D eigenvalue weighted by Gasteiger charge is -2.22. The van der Waals surface area contributed by atoms with Crippen molar-refractivity contribution in [2.45, 2.75) is 25.1 Å². The van der Waals surface area contributed by atoms with Crippen LogP contribution in [0.1, 0.15) is 12.8 Å². The van der Waals surface area contributed by atoms with E-state index in [1.807, 2.05) is 0 Å². The highest BCUT2D eigenvalue weighted by molar-refractivity contribution is 6.31. The maximum absolute atomic E-state index is 13.1. The molecule has 1 aromatic carbocycles. The largest absolute Gasteiger partial charge is 0.454 e. The number of hydrogen-bond acceptors (Lipinski definition) is 3. The van der Waals surface area contributed by atoms with Gasteiger partial charge in [0, 0.05) is 24.5 Å². The number of anilines is 1. The Bertz CT molecular complexity index is 676. The number of benzene rings is 1. The summed E-state index contributed by atoms with van der Waals surface area (Å²) in [6, 6.07) is 2.93. The number of halogens is 5. The zero-order chi connectivity index (χ0) is 17.9. The van der Waals surface area contributed by atoms with Gasteiger partial charge in [-0.15, -0.1) is 0 Å². The van der Waals surface area contributed by atoms with Crippen LogP contribution in [0.25, 0.3) is 0 Å². The van der Waals surface area contributed by atoms with Gasteiger partial charge in [-0.2, -0.15) is 13.2 Å². The van der Waals surface area contributed by atoms with E-state index in [-0.39, 0.29) is 10.7 Å². The summed E-state index contributed by atoms with van der Waals surface area (Å²) < 4.78 is 49.7. The topological polar surface area (TPSA) is 49.4 Å². The lowest BCUT2D eigenvalue weighted by molar-refractivity contribution is -0.165. The molecule has 1 atom stereocenters. The van der Waals surface area contributed by atoms with Crippen molar-refractivity contribution in [2.75, 3.05) is 11.9 Å². The molecule has 1 saturated heterocycles. The van der Waals surface area contributed by atoms with Crippen molar-refractivity contribution in [2.24, 2.45) is 0 Å². The molecular formula is C15H13ClF4N2O2. The Morgan fingerprint density at radius 3 is 2.67 bits per heavy atom. The predicted octanol–water partition coefficient (Wildman–Crippen LogP) is 3.53. The number of likely N-dealkylation sites (tertiary alicyclic amines) is 1. The monoisotopic (exact) mass is 364 g/mol. The highest BCUT2D eigenvalue weighted by Crippen LogP contribution is 2.23. The van der Waals surface area contributed by atoms with Crippen molar-refractivity contribution < 1.29 is 27.2 Å². The van der Waals surface area contributed by atoms with E-state index in [1.54, 1.807) is 0 Å². The van der Waals surface area contributed by atoms with Crippen LogP contribution in [0.3, 0.4) is 0 Å². The average molecular weight is 365 g/mol. The SMILES string of the molecule is O=C(Nc1ccc(F)c(Cl)c1)C1CCCN1C=CC(=O)C(F)(F)F. The van der Waals surface area contributed by atoms with Crippen molar-refractivity contribution in [3.8, 4) is 0 Å². The van der Waals surface area contributed by atoms with E-state index in [1.165, 1.54) is 17.0 Å². The summed E-state index contributed by atoms with van der Waals surface area (Å²) in [7, 11) is 0. The van der Waals surface area contributed by atoms with Gasteiger partial charge in [-0.1, -0.05) is 11.6 Å². The Labute approximate surface area is 140 Å². The second-order valence-corrected chi connectivity index (χ2v) is 5.60. The van der Waals surface area contributed by atoms with Crippen LogP contribution in [0.4, 0.5) is 23.2 Å². The average Bonchev–Trinajstić information content (AvgIpc) is 2.96. The van der Waals surface area contributed by atoms with Crippen LogP contribution < -0.4 is 5.32 Å². The number of rotatable bonds is 4. The van der Waals surface area contributed by atoms with Crippen LogP contribution in [0.15, 0.2) is 30.5 Å². The maximum atomic E-state index is 13.1. The van der Waals surface area contributed by atoms with E-state index in [0.29, 0.717) is 25.5 Å². The fraction of sp³-hybridized carbons (Fsp3) is 0.333. The summed E-state index contributed by atoms with van der Waals surface area (Å²) in [5, 5.41) is 2.37. The fourth-order valence-corrected chi connectivity index (χ4v) is 2.49. The molecule has 1 N–H and O–H groups in total. The van der Waals surface area contributed by atoms with Crippen LogP contribution in [-0.4, -0.2) is 35.4 Å². The molecule has 0 aliphatic carbocycles. The van der Waals surface area contributed by atoms with Crippen molar-refractivity contribution in [3.05, 3.63) is 41.3 Å². The van der Waals surface area contributed by atoms with Crippen LogP contribution >= 0.6 is 11.6 Å². The second kappa shape index (κ2) is 7.21. The van der Waals surface area contributed by atoms with Gasteiger partial charge in [0.25, 0.3) is 5.78 Å². The van der Waals surface area contributed by atoms with E-state index in [9.17, 15) is 27.2 Å². The molecule has 4 nitrogen and oxygen atoms in total. The summed E-state index contributed by atoms with van der Waals surface area (Å²) in [4.78, 5) is 24.5. The van der Waals surface area contributed by atoms with E-state index in [4.69, 9.17) is 11.6 Å². The van der Waals surface area contributed by atoms with Crippen LogP contribution in [0.5, 0.6) is 0 Å². The van der Waals surface area contributed by atoms with Gasteiger partial charge in [0.2, 0.25) is 5.91 Å². The first kappa shape index (κ1) is 18.3. The first-order chi connectivity index (χ1) is 11.2. The van der Waals surface area contributed by atoms with E-state index in [2.05, 4.69) is 5.32 Å². The van der Waals surface area contributed by atoms with Gasteiger partial charge in [-0.25, -0.2) is 4.39 Å². The molecule has 1 heterocycles. The number of alkyl halides is 3. The van der Waals surface area contributed by atoms with Crippen LogP contribution in [0.2, 0.25) is 5.02 Å². The Morgan fingerprint density at radius 2 is 2.04 bits per heavy atom. The number of nitrogens with zero attached hydrogens (tertiary/aromatic N) is 1. The number of hydrogen-bond donors (Lipinski definition) is 1. The van der Waals surface area contributed by atoms with Crippen molar-refractivity contribution in [3.63, 3.8) is 0 Å². The fourth-order valence-electron chi connectivity index (χ4n) is 2.31. The van der Waals surface area contributed by atoms with Gasteiger partial charge in [-0.3, -0.25) is 9.59 Å². The summed E-state index contributed by atoms with van der Waals surface area (Å²) in [5.74, 6) is -3.09. The Hall–Kier alpha value is -2.09. The molecule has 2 rings (SSSR count). The maximum Gasteiger partial charge on any atom is 0.454 e. The lowest BCUT2D eigenvalue weighted by Crippen LogP contribution is -2.36. The zero-order valence-electron chi connectivity index (χ0n) is 12.2. The smallest absolute Gasteiger partial charge is 0.365 e. The minimum absolute atomic E-state index is 0.160. The molecule has 1 fully saturated rings. The first-order valence-corrected chi connectivity index (χ1v) is 7.37. The van der Waals surface area contributed by atoms with Gasteiger partial charge < -0.3 is 10.2 Å². The van der Waals surface area contributed by atoms with Gasteiger partial charge in [0.15, 0.2) is 0 Å². The second-order valence-electron chi connectivity index (χ2n) is 5.19. The molecule has 0 saturated carbocycles.